The van der Waals surface area contributed by atoms with Crippen molar-refractivity contribution in [1.29, 1.82) is 0 Å². The van der Waals surface area contributed by atoms with Crippen molar-refractivity contribution in [3.05, 3.63) is 30.1 Å². The van der Waals surface area contributed by atoms with Crippen LogP contribution in [-0.4, -0.2) is 83.5 Å². The van der Waals surface area contributed by atoms with Gasteiger partial charge in [-0.3, -0.25) is 14.5 Å². The number of likely N-dealkylation sites (tertiary alicyclic amines) is 2. The van der Waals surface area contributed by atoms with Crippen LogP contribution >= 0.6 is 0 Å². The van der Waals surface area contributed by atoms with Crippen LogP contribution < -0.4 is 10.1 Å². The van der Waals surface area contributed by atoms with E-state index < -0.39 is 11.4 Å². The van der Waals surface area contributed by atoms with Gasteiger partial charge >= 0.3 is 6.03 Å². The SMILES string of the molecule is CCCN1CCC2(CC1)NC(=O)N([C@@H]1CCN(C(=O)COc3ccccc3F)C1)C2=O. The van der Waals surface area contributed by atoms with Crippen molar-refractivity contribution >= 4 is 17.8 Å². The van der Waals surface area contributed by atoms with E-state index in [1.807, 2.05) is 0 Å². The number of carbonyl (C=O) groups excluding carboxylic acids is 3. The molecule has 1 N–H and O–H groups in total. The van der Waals surface area contributed by atoms with Crippen molar-refractivity contribution in [3.63, 3.8) is 0 Å². The molecule has 1 aromatic carbocycles. The number of amides is 4. The van der Waals surface area contributed by atoms with E-state index in [-0.39, 0.29) is 42.8 Å². The van der Waals surface area contributed by atoms with Gasteiger partial charge in [0.25, 0.3) is 11.8 Å². The summed E-state index contributed by atoms with van der Waals surface area (Å²) < 4.78 is 19.0. The van der Waals surface area contributed by atoms with E-state index in [1.165, 1.54) is 17.0 Å². The predicted molar refractivity (Wildman–Crippen MR) is 111 cm³/mol. The molecule has 1 atom stereocenters. The van der Waals surface area contributed by atoms with Gasteiger partial charge in [0, 0.05) is 26.2 Å². The topological polar surface area (TPSA) is 82.2 Å². The summed E-state index contributed by atoms with van der Waals surface area (Å²) in [6.45, 7) is 5.12. The van der Waals surface area contributed by atoms with Crippen LogP contribution in [0.4, 0.5) is 9.18 Å². The number of hydrogen-bond acceptors (Lipinski definition) is 5. The van der Waals surface area contributed by atoms with Gasteiger partial charge in [-0.15, -0.1) is 0 Å². The Morgan fingerprint density at radius 2 is 1.97 bits per heavy atom. The number of nitrogens with one attached hydrogen (secondary N) is 1. The molecule has 0 unspecified atom stereocenters. The van der Waals surface area contributed by atoms with Gasteiger partial charge in [-0.2, -0.15) is 0 Å². The van der Waals surface area contributed by atoms with Crippen molar-refractivity contribution in [3.8, 4) is 5.75 Å². The van der Waals surface area contributed by atoms with Crippen molar-refractivity contribution in [2.24, 2.45) is 0 Å². The summed E-state index contributed by atoms with van der Waals surface area (Å²) in [5, 5.41) is 2.95. The van der Waals surface area contributed by atoms with Crippen LogP contribution in [0, 0.1) is 5.82 Å². The van der Waals surface area contributed by atoms with Crippen LogP contribution in [-0.2, 0) is 9.59 Å². The van der Waals surface area contributed by atoms with Gasteiger partial charge in [0.1, 0.15) is 5.54 Å². The largest absolute Gasteiger partial charge is 0.481 e. The van der Waals surface area contributed by atoms with Crippen LogP contribution in [0.3, 0.4) is 0 Å². The number of rotatable bonds is 6. The molecule has 168 valence electrons. The minimum absolute atomic E-state index is 0.0250. The number of benzene rings is 1. The number of imide groups is 1. The van der Waals surface area contributed by atoms with Gasteiger partial charge in [0.05, 0.1) is 6.04 Å². The highest BCUT2D eigenvalue weighted by atomic mass is 19.1. The minimum atomic E-state index is -0.813. The average Bonchev–Trinajstić information content (AvgIpc) is 3.32. The normalized spacial score (nSPS) is 23.5. The lowest BCUT2D eigenvalue weighted by Gasteiger charge is -2.37. The molecular formula is C22H29FN4O4. The van der Waals surface area contributed by atoms with E-state index in [4.69, 9.17) is 4.74 Å². The van der Waals surface area contributed by atoms with E-state index in [1.54, 1.807) is 17.0 Å². The summed E-state index contributed by atoms with van der Waals surface area (Å²) in [5.41, 5.74) is -0.813. The Kier molecular flexibility index (Phi) is 6.13. The lowest BCUT2D eigenvalue weighted by atomic mass is 9.87. The summed E-state index contributed by atoms with van der Waals surface area (Å²) >= 11 is 0. The number of para-hydroxylation sites is 1. The number of hydrogen-bond donors (Lipinski definition) is 1. The molecule has 4 rings (SSSR count). The monoisotopic (exact) mass is 432 g/mol. The molecule has 0 bridgehead atoms. The minimum Gasteiger partial charge on any atom is -0.481 e. The summed E-state index contributed by atoms with van der Waals surface area (Å²) in [4.78, 5) is 43.6. The maximum Gasteiger partial charge on any atom is 0.325 e. The smallest absolute Gasteiger partial charge is 0.325 e. The second-order valence-corrected chi connectivity index (χ2v) is 8.53. The maximum atomic E-state index is 13.7. The highest BCUT2D eigenvalue weighted by molar-refractivity contribution is 6.07. The first-order chi connectivity index (χ1) is 14.9. The van der Waals surface area contributed by atoms with Crippen LogP contribution in [0.15, 0.2) is 24.3 Å². The van der Waals surface area contributed by atoms with Gasteiger partial charge in [0.15, 0.2) is 18.2 Å². The fraction of sp³-hybridized carbons (Fsp3) is 0.591. The van der Waals surface area contributed by atoms with Crippen molar-refractivity contribution < 1.29 is 23.5 Å². The molecule has 3 fully saturated rings. The maximum absolute atomic E-state index is 13.7. The molecule has 3 heterocycles. The van der Waals surface area contributed by atoms with Gasteiger partial charge < -0.3 is 19.9 Å². The molecule has 0 saturated carbocycles. The molecule has 1 spiro atoms. The van der Waals surface area contributed by atoms with Gasteiger partial charge in [-0.05, 0) is 44.4 Å². The average molecular weight is 432 g/mol. The second-order valence-electron chi connectivity index (χ2n) is 8.53. The van der Waals surface area contributed by atoms with Crippen LogP contribution in [0.25, 0.3) is 0 Å². The molecule has 0 radical (unpaired) electrons. The van der Waals surface area contributed by atoms with Crippen LogP contribution in [0.5, 0.6) is 5.75 Å². The number of ether oxygens (including phenoxy) is 1. The summed E-state index contributed by atoms with van der Waals surface area (Å²) in [7, 11) is 0. The van der Waals surface area contributed by atoms with E-state index in [0.717, 1.165) is 26.1 Å². The summed E-state index contributed by atoms with van der Waals surface area (Å²) in [6, 6.07) is 5.20. The number of carbonyl (C=O) groups is 3. The van der Waals surface area contributed by atoms with Gasteiger partial charge in [-0.1, -0.05) is 19.1 Å². The van der Waals surface area contributed by atoms with Crippen LogP contribution in [0.2, 0.25) is 0 Å². The molecule has 0 aromatic heterocycles. The molecule has 3 saturated heterocycles. The van der Waals surface area contributed by atoms with E-state index in [2.05, 4.69) is 17.1 Å². The lowest BCUT2D eigenvalue weighted by Crippen LogP contribution is -2.55. The Morgan fingerprint density at radius 1 is 1.23 bits per heavy atom. The summed E-state index contributed by atoms with van der Waals surface area (Å²) in [5.74, 6) is -0.961. The molecular weight excluding hydrogens is 403 g/mol. The highest BCUT2D eigenvalue weighted by Crippen LogP contribution is 2.32. The van der Waals surface area contributed by atoms with E-state index in [9.17, 15) is 18.8 Å². The zero-order chi connectivity index (χ0) is 22.0. The lowest BCUT2D eigenvalue weighted by molar-refractivity contribution is -0.136. The Morgan fingerprint density at radius 3 is 2.68 bits per heavy atom. The number of halogens is 1. The molecule has 1 aromatic rings. The Bertz CT molecular complexity index is 856. The van der Waals surface area contributed by atoms with E-state index in [0.29, 0.717) is 25.8 Å². The van der Waals surface area contributed by atoms with Gasteiger partial charge in [-0.25, -0.2) is 9.18 Å². The number of nitrogens with zero attached hydrogens (tertiary/aromatic N) is 3. The Labute approximate surface area is 181 Å². The predicted octanol–water partition coefficient (Wildman–Crippen LogP) is 1.60. The highest BCUT2D eigenvalue weighted by Gasteiger charge is 2.54. The van der Waals surface area contributed by atoms with Crippen molar-refractivity contribution in [1.82, 2.24) is 20.0 Å². The first-order valence-electron chi connectivity index (χ1n) is 11.0. The molecule has 31 heavy (non-hydrogen) atoms. The second kappa shape index (κ2) is 8.82. The molecule has 4 amide bonds. The molecule has 9 heteroatoms. The third-order valence-electron chi connectivity index (χ3n) is 6.51. The summed E-state index contributed by atoms with van der Waals surface area (Å²) in [6.07, 6.45) is 2.81. The number of urea groups is 1. The fourth-order valence-corrected chi connectivity index (χ4v) is 4.76. The molecule has 8 nitrogen and oxygen atoms in total. The third kappa shape index (κ3) is 4.23. The zero-order valence-electron chi connectivity index (χ0n) is 17.8. The van der Waals surface area contributed by atoms with Crippen molar-refractivity contribution in [2.75, 3.05) is 39.3 Å². The number of piperidine rings is 1. The van der Waals surface area contributed by atoms with Crippen molar-refractivity contribution in [2.45, 2.75) is 44.2 Å². The first-order valence-corrected chi connectivity index (χ1v) is 11.0. The zero-order valence-corrected chi connectivity index (χ0v) is 17.8. The Hall–Kier alpha value is -2.68. The molecule has 0 aliphatic carbocycles. The van der Waals surface area contributed by atoms with E-state index >= 15 is 0 Å². The fourth-order valence-electron chi connectivity index (χ4n) is 4.76. The van der Waals surface area contributed by atoms with Gasteiger partial charge in [0.2, 0.25) is 0 Å². The standard InChI is InChI=1S/C22H29FN4O4/c1-2-10-25-12-8-22(9-13-25)20(29)27(21(30)24-22)16-7-11-26(14-16)19(28)15-31-18-6-4-3-5-17(18)23/h3-6,16H,2,7-15H2,1H3,(H,24,30)/t16-/m1/s1. The molecule has 3 aliphatic heterocycles. The van der Waals surface area contributed by atoms with Crippen LogP contribution in [0.1, 0.15) is 32.6 Å². The molecule has 3 aliphatic rings. The quantitative estimate of drug-likeness (QED) is 0.691. The first kappa shape index (κ1) is 21.5. The Balaban J connectivity index is 1.33. The third-order valence-corrected chi connectivity index (χ3v) is 6.51.